The van der Waals surface area contributed by atoms with E-state index in [-0.39, 0.29) is 6.04 Å². The van der Waals surface area contributed by atoms with E-state index in [1.807, 2.05) is 38.4 Å². The molecule has 35 heavy (non-hydrogen) atoms. The Morgan fingerprint density at radius 3 is 2.57 bits per heavy atom. The van der Waals surface area contributed by atoms with E-state index in [0.29, 0.717) is 11.5 Å². The largest absolute Gasteiger partial charge is 0.381 e. The molecule has 1 fully saturated rings. The predicted octanol–water partition coefficient (Wildman–Crippen LogP) is 5.12. The minimum atomic E-state index is 0.0878. The van der Waals surface area contributed by atoms with E-state index < -0.39 is 0 Å². The van der Waals surface area contributed by atoms with Crippen molar-refractivity contribution in [3.05, 3.63) is 77.6 Å². The highest BCUT2D eigenvalue weighted by atomic mass is 16.5. The summed E-state index contributed by atoms with van der Waals surface area (Å²) in [4.78, 5) is 16.7. The molecule has 4 heterocycles. The molecule has 0 spiro atoms. The number of aryl methyl sites for hydroxylation is 2. The van der Waals surface area contributed by atoms with Crippen LogP contribution >= 0.6 is 0 Å². The average molecular weight is 466 g/mol. The number of fused-ring (bicyclic) bond motifs is 3. The molecule has 0 saturated carbocycles. The Bertz CT molecular complexity index is 1510. The maximum absolute atomic E-state index is 11.7. The molecule has 1 aliphatic rings. The molecule has 0 bridgehead atoms. The summed E-state index contributed by atoms with van der Waals surface area (Å²) in [5.41, 5.74) is 7.69. The third-order valence-electron chi connectivity index (χ3n) is 7.20. The first-order chi connectivity index (χ1) is 17.2. The van der Waals surface area contributed by atoms with Crippen molar-refractivity contribution >= 4 is 28.2 Å². The van der Waals surface area contributed by atoms with Crippen molar-refractivity contribution < 1.29 is 9.53 Å². The Labute approximate surface area is 203 Å². The van der Waals surface area contributed by atoms with Gasteiger partial charge in [-0.3, -0.25) is 9.78 Å². The predicted molar refractivity (Wildman–Crippen MR) is 135 cm³/mol. The van der Waals surface area contributed by atoms with Gasteiger partial charge in [-0.2, -0.15) is 0 Å². The van der Waals surface area contributed by atoms with Gasteiger partial charge in [0.05, 0.1) is 34.0 Å². The Balaban J connectivity index is 1.68. The van der Waals surface area contributed by atoms with E-state index >= 15 is 0 Å². The molecule has 7 nitrogen and oxygen atoms in total. The van der Waals surface area contributed by atoms with Crippen LogP contribution < -0.4 is 0 Å². The second-order valence-electron chi connectivity index (χ2n) is 9.31. The number of ether oxygens (including phenoxy) is 1. The number of hydrogen-bond acceptors (Lipinski definition) is 5. The van der Waals surface area contributed by atoms with Crippen LogP contribution in [0.5, 0.6) is 0 Å². The van der Waals surface area contributed by atoms with Gasteiger partial charge in [-0.15, -0.1) is 5.10 Å². The van der Waals surface area contributed by atoms with E-state index in [4.69, 9.17) is 9.72 Å². The van der Waals surface area contributed by atoms with E-state index in [2.05, 4.69) is 51.3 Å². The van der Waals surface area contributed by atoms with Crippen LogP contribution in [0.3, 0.4) is 0 Å². The molecule has 1 atom stereocenters. The smallest absolute Gasteiger partial charge is 0.150 e. The van der Waals surface area contributed by atoms with Crippen LogP contribution in [-0.2, 0) is 11.8 Å². The van der Waals surface area contributed by atoms with Gasteiger partial charge < -0.3 is 9.30 Å². The highest BCUT2D eigenvalue weighted by Crippen LogP contribution is 2.41. The zero-order valence-corrected chi connectivity index (χ0v) is 19.9. The van der Waals surface area contributed by atoms with Gasteiger partial charge in [-0.25, -0.2) is 4.68 Å². The van der Waals surface area contributed by atoms with E-state index in [1.54, 1.807) is 4.68 Å². The van der Waals surface area contributed by atoms with E-state index in [1.165, 1.54) is 5.56 Å². The molecule has 0 N–H and O–H groups in total. The molecular weight excluding hydrogens is 438 g/mol. The lowest BCUT2D eigenvalue weighted by atomic mass is 9.86. The number of pyridine rings is 1. The summed E-state index contributed by atoms with van der Waals surface area (Å²) in [6.07, 6.45) is 4.77. The first-order valence-electron chi connectivity index (χ1n) is 12.0. The summed E-state index contributed by atoms with van der Waals surface area (Å²) in [5.74, 6) is 0.397. The summed E-state index contributed by atoms with van der Waals surface area (Å²) in [6, 6.07) is 18.8. The highest BCUT2D eigenvalue weighted by molar-refractivity contribution is 6.08. The van der Waals surface area contributed by atoms with Gasteiger partial charge in [0.25, 0.3) is 0 Å². The van der Waals surface area contributed by atoms with Crippen molar-refractivity contribution in [3.63, 3.8) is 0 Å². The molecule has 1 aliphatic heterocycles. The molecule has 7 heteroatoms. The van der Waals surface area contributed by atoms with E-state index in [9.17, 15) is 4.79 Å². The molecular formula is C28H27N5O2. The van der Waals surface area contributed by atoms with Gasteiger partial charge in [0.1, 0.15) is 6.29 Å². The Kier molecular flexibility index (Phi) is 5.41. The number of aromatic nitrogens is 5. The molecule has 0 radical (unpaired) electrons. The topological polar surface area (TPSA) is 74.8 Å². The fraction of sp³-hybridized carbons (Fsp3) is 0.286. The Morgan fingerprint density at radius 2 is 1.86 bits per heavy atom. The van der Waals surface area contributed by atoms with Crippen LogP contribution in [0.2, 0.25) is 0 Å². The Hall–Kier alpha value is -3.84. The second kappa shape index (κ2) is 8.74. The quantitative estimate of drug-likeness (QED) is 0.337. The summed E-state index contributed by atoms with van der Waals surface area (Å²) < 4.78 is 9.92. The number of rotatable bonds is 5. The number of hydrogen-bond donors (Lipinski definition) is 0. The average Bonchev–Trinajstić information content (AvgIpc) is 3.41. The lowest BCUT2D eigenvalue weighted by Gasteiger charge is -2.33. The van der Waals surface area contributed by atoms with Gasteiger partial charge >= 0.3 is 0 Å². The number of benzene rings is 2. The molecule has 6 rings (SSSR count). The lowest BCUT2D eigenvalue weighted by molar-refractivity contribution is 0.0553. The number of aldehydes is 1. The van der Waals surface area contributed by atoms with Crippen LogP contribution in [0.25, 0.3) is 33.2 Å². The minimum Gasteiger partial charge on any atom is -0.381 e. The monoisotopic (exact) mass is 465 g/mol. The molecule has 5 aromatic rings. The maximum atomic E-state index is 11.7. The van der Waals surface area contributed by atoms with Gasteiger partial charge in [0.15, 0.2) is 0 Å². The SMILES string of the molecule is Cc1nnn(C)c1-c1cnc2c3ccc(C=O)cc3n(C(c3ccccc3)C3CCOCC3)c2c1. The summed E-state index contributed by atoms with van der Waals surface area (Å²) >= 11 is 0. The van der Waals surface area contributed by atoms with Gasteiger partial charge in [0.2, 0.25) is 0 Å². The minimum absolute atomic E-state index is 0.0878. The fourth-order valence-corrected chi connectivity index (χ4v) is 5.59. The molecule has 0 amide bonds. The Morgan fingerprint density at radius 1 is 1.06 bits per heavy atom. The van der Waals surface area contributed by atoms with Crippen LogP contribution in [0, 0.1) is 12.8 Å². The van der Waals surface area contributed by atoms with Gasteiger partial charge in [-0.05, 0) is 49.4 Å². The summed E-state index contributed by atoms with van der Waals surface area (Å²) in [6.45, 7) is 3.48. The fourth-order valence-electron chi connectivity index (χ4n) is 5.59. The highest BCUT2D eigenvalue weighted by Gasteiger charge is 2.30. The van der Waals surface area contributed by atoms with Crippen molar-refractivity contribution in [1.29, 1.82) is 0 Å². The third-order valence-corrected chi connectivity index (χ3v) is 7.20. The third kappa shape index (κ3) is 3.63. The normalized spacial score (nSPS) is 15.6. The van der Waals surface area contributed by atoms with Gasteiger partial charge in [0, 0.05) is 43.0 Å². The number of nitrogens with zero attached hydrogens (tertiary/aromatic N) is 5. The van der Waals surface area contributed by atoms with Crippen molar-refractivity contribution in [3.8, 4) is 11.3 Å². The molecule has 0 aliphatic carbocycles. The van der Waals surface area contributed by atoms with Crippen molar-refractivity contribution in [2.24, 2.45) is 13.0 Å². The van der Waals surface area contributed by atoms with Gasteiger partial charge in [-0.1, -0.05) is 41.6 Å². The van der Waals surface area contributed by atoms with Crippen LogP contribution in [0.15, 0.2) is 60.8 Å². The second-order valence-corrected chi connectivity index (χ2v) is 9.31. The molecule has 1 unspecified atom stereocenters. The maximum Gasteiger partial charge on any atom is 0.150 e. The lowest BCUT2D eigenvalue weighted by Crippen LogP contribution is -2.26. The number of carbonyl (C=O) groups is 1. The molecule has 1 saturated heterocycles. The summed E-state index contributed by atoms with van der Waals surface area (Å²) in [7, 11) is 1.90. The molecule has 176 valence electrons. The zero-order valence-electron chi connectivity index (χ0n) is 19.9. The standard InChI is InChI=1S/C28H27N5O2/c1-18-27(32(2)31-30-18)22-15-25-26(29-16-22)23-9-8-19(17-34)14-24(23)33(25)28(20-6-4-3-5-7-20)21-10-12-35-13-11-21/h3-9,14-17,21,28H,10-13H2,1-2H3. The van der Waals surface area contributed by atoms with Crippen molar-refractivity contribution in [1.82, 2.24) is 24.5 Å². The van der Waals surface area contributed by atoms with Crippen molar-refractivity contribution in [2.45, 2.75) is 25.8 Å². The molecule has 3 aromatic heterocycles. The zero-order chi connectivity index (χ0) is 23.9. The first kappa shape index (κ1) is 21.7. The van der Waals surface area contributed by atoms with Crippen LogP contribution in [-0.4, -0.2) is 44.0 Å². The van der Waals surface area contributed by atoms with E-state index in [0.717, 1.165) is 71.2 Å². The van der Waals surface area contributed by atoms with Crippen molar-refractivity contribution in [2.75, 3.05) is 13.2 Å². The van der Waals surface area contributed by atoms with Crippen LogP contribution in [0.1, 0.15) is 40.5 Å². The number of carbonyl (C=O) groups excluding carboxylic acids is 1. The molecule has 2 aromatic carbocycles. The summed E-state index contributed by atoms with van der Waals surface area (Å²) in [5, 5.41) is 9.48. The van der Waals surface area contributed by atoms with Crippen LogP contribution in [0.4, 0.5) is 0 Å². The first-order valence-corrected chi connectivity index (χ1v) is 12.0.